The van der Waals surface area contributed by atoms with Crippen molar-refractivity contribution in [3.8, 4) is 0 Å². The van der Waals surface area contributed by atoms with Crippen LogP contribution in [-0.2, 0) is 12.8 Å². The molecule has 4 N–H and O–H groups in total. The lowest BCUT2D eigenvalue weighted by Gasteiger charge is -2.33. The SMILES string of the molecule is CCc1cnc2c(C(=O)Cc3cnccc3N3CCC[C@H](N)C3)c(N)oc2c1. The van der Waals surface area contributed by atoms with Crippen LogP contribution in [0.15, 0.2) is 35.1 Å². The standard InChI is InChI=1S/C21H25N5O2/c1-2-13-8-18-20(25-10-13)19(21(23)28-18)17(27)9-14-11-24-6-5-16(14)26-7-3-4-15(22)12-26/h5-6,8,10-11,15H,2-4,7,9,12,22-23H2,1H3/t15-/m0/s1. The zero-order chi connectivity index (χ0) is 19.7. The van der Waals surface area contributed by atoms with Gasteiger partial charge in [-0.1, -0.05) is 6.92 Å². The van der Waals surface area contributed by atoms with Gasteiger partial charge >= 0.3 is 0 Å². The molecule has 0 aliphatic carbocycles. The molecule has 7 heteroatoms. The van der Waals surface area contributed by atoms with Crippen molar-refractivity contribution in [3.05, 3.63) is 47.4 Å². The average Bonchev–Trinajstić information content (AvgIpc) is 3.03. The molecule has 3 aromatic heterocycles. The number of fused-ring (bicyclic) bond motifs is 1. The summed E-state index contributed by atoms with van der Waals surface area (Å²) in [7, 11) is 0. The number of piperidine rings is 1. The number of carbonyl (C=O) groups is 1. The Morgan fingerprint density at radius 3 is 3.04 bits per heavy atom. The van der Waals surface area contributed by atoms with Gasteiger partial charge in [-0.25, -0.2) is 0 Å². The summed E-state index contributed by atoms with van der Waals surface area (Å²) in [6, 6.07) is 3.99. The minimum Gasteiger partial charge on any atom is -0.438 e. The van der Waals surface area contributed by atoms with Gasteiger partial charge in [-0.15, -0.1) is 0 Å². The fraction of sp³-hybridized carbons (Fsp3) is 0.381. The van der Waals surface area contributed by atoms with Crippen LogP contribution in [0.2, 0.25) is 0 Å². The zero-order valence-corrected chi connectivity index (χ0v) is 16.0. The van der Waals surface area contributed by atoms with Crippen molar-refractivity contribution < 1.29 is 9.21 Å². The second-order valence-corrected chi connectivity index (χ2v) is 7.34. The quantitative estimate of drug-likeness (QED) is 0.656. The molecule has 7 nitrogen and oxygen atoms in total. The molecule has 28 heavy (non-hydrogen) atoms. The van der Waals surface area contributed by atoms with E-state index in [2.05, 4.69) is 14.9 Å². The van der Waals surface area contributed by atoms with Crippen LogP contribution < -0.4 is 16.4 Å². The molecule has 146 valence electrons. The molecule has 0 spiro atoms. The third-order valence-electron chi connectivity index (χ3n) is 5.33. The monoisotopic (exact) mass is 379 g/mol. The molecule has 1 aliphatic heterocycles. The lowest BCUT2D eigenvalue weighted by atomic mass is 10.0. The number of carbonyl (C=O) groups excluding carboxylic acids is 1. The second-order valence-electron chi connectivity index (χ2n) is 7.34. The zero-order valence-electron chi connectivity index (χ0n) is 16.0. The van der Waals surface area contributed by atoms with Crippen LogP contribution in [0.1, 0.15) is 41.3 Å². The van der Waals surface area contributed by atoms with Crippen LogP contribution in [0.25, 0.3) is 11.1 Å². The fourth-order valence-electron chi connectivity index (χ4n) is 3.85. The van der Waals surface area contributed by atoms with Crippen molar-refractivity contribution in [2.24, 2.45) is 5.73 Å². The van der Waals surface area contributed by atoms with Gasteiger partial charge < -0.3 is 20.8 Å². The molecule has 0 aromatic carbocycles. The minimum absolute atomic E-state index is 0.117. The molecule has 1 aliphatic rings. The van der Waals surface area contributed by atoms with Gasteiger partial charge in [0, 0.05) is 55.4 Å². The molecule has 3 aromatic rings. The highest BCUT2D eigenvalue weighted by molar-refractivity contribution is 6.10. The third-order valence-corrected chi connectivity index (χ3v) is 5.33. The third kappa shape index (κ3) is 3.45. The first-order valence-corrected chi connectivity index (χ1v) is 9.70. The Balaban J connectivity index is 1.65. The molecule has 4 heterocycles. The van der Waals surface area contributed by atoms with Gasteiger partial charge in [0.15, 0.2) is 11.4 Å². The molecule has 1 fully saturated rings. The molecular weight excluding hydrogens is 354 g/mol. The molecular formula is C21H25N5O2. The van der Waals surface area contributed by atoms with Gasteiger partial charge in [0.25, 0.3) is 0 Å². The maximum absolute atomic E-state index is 13.1. The van der Waals surface area contributed by atoms with Crippen molar-refractivity contribution in [2.45, 2.75) is 38.6 Å². The first kappa shape index (κ1) is 18.4. The van der Waals surface area contributed by atoms with Crippen molar-refractivity contribution >= 4 is 28.5 Å². The van der Waals surface area contributed by atoms with E-state index in [0.717, 1.165) is 49.2 Å². The molecule has 1 saturated heterocycles. The van der Waals surface area contributed by atoms with E-state index in [-0.39, 0.29) is 24.1 Å². The normalized spacial score (nSPS) is 17.2. The van der Waals surface area contributed by atoms with Crippen LogP contribution in [0, 0.1) is 0 Å². The molecule has 0 amide bonds. The number of pyridine rings is 2. The van der Waals surface area contributed by atoms with Crippen molar-refractivity contribution in [3.63, 3.8) is 0 Å². The number of aromatic nitrogens is 2. The Morgan fingerprint density at radius 1 is 1.39 bits per heavy atom. The van der Waals surface area contributed by atoms with Crippen LogP contribution in [0.5, 0.6) is 0 Å². The summed E-state index contributed by atoms with van der Waals surface area (Å²) < 4.78 is 5.61. The molecule has 4 rings (SSSR count). The van der Waals surface area contributed by atoms with Crippen LogP contribution in [-0.4, -0.2) is 34.9 Å². The van der Waals surface area contributed by atoms with Crippen molar-refractivity contribution in [2.75, 3.05) is 23.7 Å². The van der Waals surface area contributed by atoms with E-state index < -0.39 is 0 Å². The Labute approximate surface area is 163 Å². The second kappa shape index (κ2) is 7.59. The van der Waals surface area contributed by atoms with Gasteiger partial charge in [0.2, 0.25) is 5.88 Å². The van der Waals surface area contributed by atoms with Gasteiger partial charge in [-0.05, 0) is 37.0 Å². The summed E-state index contributed by atoms with van der Waals surface area (Å²) in [5.74, 6) is -0.00487. The highest BCUT2D eigenvalue weighted by Crippen LogP contribution is 2.30. The summed E-state index contributed by atoms with van der Waals surface area (Å²) in [6.07, 6.45) is 8.35. The first-order valence-electron chi connectivity index (χ1n) is 9.70. The summed E-state index contributed by atoms with van der Waals surface area (Å²) in [6.45, 7) is 3.75. The van der Waals surface area contributed by atoms with E-state index in [4.69, 9.17) is 15.9 Å². The van der Waals surface area contributed by atoms with E-state index in [0.29, 0.717) is 16.7 Å². The smallest absolute Gasteiger partial charge is 0.204 e. The van der Waals surface area contributed by atoms with Gasteiger partial charge in [0.1, 0.15) is 11.1 Å². The molecule has 0 radical (unpaired) electrons. The number of hydrogen-bond donors (Lipinski definition) is 2. The number of rotatable bonds is 5. The van der Waals surface area contributed by atoms with Crippen LogP contribution in [0.4, 0.5) is 11.6 Å². The Kier molecular flexibility index (Phi) is 5.00. The number of aryl methyl sites for hydroxylation is 1. The van der Waals surface area contributed by atoms with E-state index in [1.807, 2.05) is 19.1 Å². The number of hydrogen-bond acceptors (Lipinski definition) is 7. The Morgan fingerprint density at radius 2 is 2.25 bits per heavy atom. The van der Waals surface area contributed by atoms with Crippen molar-refractivity contribution in [1.29, 1.82) is 0 Å². The van der Waals surface area contributed by atoms with Crippen LogP contribution >= 0.6 is 0 Å². The maximum atomic E-state index is 13.1. The van der Waals surface area contributed by atoms with E-state index in [9.17, 15) is 4.79 Å². The molecule has 0 saturated carbocycles. The predicted molar refractivity (Wildman–Crippen MR) is 109 cm³/mol. The predicted octanol–water partition coefficient (Wildman–Crippen LogP) is 2.72. The summed E-state index contributed by atoms with van der Waals surface area (Å²) >= 11 is 0. The van der Waals surface area contributed by atoms with Crippen LogP contribution in [0.3, 0.4) is 0 Å². The average molecular weight is 379 g/mol. The number of nitrogen functional groups attached to an aromatic ring is 1. The fourth-order valence-corrected chi connectivity index (χ4v) is 3.85. The Bertz CT molecular complexity index is 1010. The Hall–Kier alpha value is -2.93. The summed E-state index contributed by atoms with van der Waals surface area (Å²) in [5.41, 5.74) is 16.5. The molecule has 0 bridgehead atoms. The van der Waals surface area contributed by atoms with E-state index in [1.54, 1.807) is 18.6 Å². The number of furan rings is 1. The topological polar surface area (TPSA) is 111 Å². The number of Topliss-reactive ketones (excluding diaryl/α,β-unsaturated/α-hetero) is 1. The number of nitrogens with two attached hydrogens (primary N) is 2. The first-order chi connectivity index (χ1) is 13.6. The van der Waals surface area contributed by atoms with E-state index >= 15 is 0 Å². The van der Waals surface area contributed by atoms with Gasteiger partial charge in [-0.3, -0.25) is 14.8 Å². The molecule has 0 unspecified atom stereocenters. The van der Waals surface area contributed by atoms with Gasteiger partial charge in [0.05, 0.1) is 0 Å². The lowest BCUT2D eigenvalue weighted by molar-refractivity contribution is 0.0994. The maximum Gasteiger partial charge on any atom is 0.204 e. The van der Waals surface area contributed by atoms with Crippen molar-refractivity contribution in [1.82, 2.24) is 9.97 Å². The summed E-state index contributed by atoms with van der Waals surface area (Å²) in [5, 5.41) is 0. The number of ketones is 1. The number of nitrogens with zero attached hydrogens (tertiary/aromatic N) is 3. The summed E-state index contributed by atoms with van der Waals surface area (Å²) in [4.78, 5) is 24.0. The highest BCUT2D eigenvalue weighted by Gasteiger charge is 2.24. The largest absolute Gasteiger partial charge is 0.438 e. The van der Waals surface area contributed by atoms with E-state index in [1.165, 1.54) is 0 Å². The van der Waals surface area contributed by atoms with Gasteiger partial charge in [-0.2, -0.15) is 0 Å². The number of anilines is 2. The minimum atomic E-state index is -0.122. The lowest BCUT2D eigenvalue weighted by Crippen LogP contribution is -2.43. The molecule has 1 atom stereocenters. The highest BCUT2D eigenvalue weighted by atomic mass is 16.3.